The third kappa shape index (κ3) is 6.68. The minimum Gasteiger partial charge on any atom is -0.409 e. The molecule has 84 valence electrons. The van der Waals surface area contributed by atoms with Gasteiger partial charge in [-0.1, -0.05) is 12.1 Å². The Morgan fingerprint density at radius 1 is 1.57 bits per heavy atom. The highest BCUT2D eigenvalue weighted by Crippen LogP contribution is 1.91. The smallest absolute Gasteiger partial charge is 0.153 e. The summed E-state index contributed by atoms with van der Waals surface area (Å²) in [6, 6.07) is 0. The second-order valence-corrected chi connectivity index (χ2v) is 3.38. The van der Waals surface area contributed by atoms with E-state index in [1.807, 2.05) is 20.8 Å². The van der Waals surface area contributed by atoms with Gasteiger partial charge in [0.05, 0.1) is 19.3 Å². The van der Waals surface area contributed by atoms with E-state index in [9.17, 15) is 0 Å². The molecule has 0 spiro atoms. The maximum atomic E-state index is 8.40. The highest BCUT2D eigenvalue weighted by Gasteiger charge is 2.05. The minimum atomic E-state index is 0.233. The van der Waals surface area contributed by atoms with E-state index in [1.54, 1.807) is 0 Å². The van der Waals surface area contributed by atoms with Crippen molar-refractivity contribution in [2.45, 2.75) is 26.9 Å². The number of hydrogen-bond acceptors (Lipinski definition) is 4. The van der Waals surface area contributed by atoms with Gasteiger partial charge in [0, 0.05) is 6.54 Å². The summed E-state index contributed by atoms with van der Waals surface area (Å²) in [5.74, 6) is 0.233. The van der Waals surface area contributed by atoms with Crippen LogP contribution in [0.15, 0.2) is 5.16 Å². The fourth-order valence-electron chi connectivity index (χ4n) is 1.03. The zero-order valence-electron chi connectivity index (χ0n) is 9.23. The van der Waals surface area contributed by atoms with Gasteiger partial charge in [0.2, 0.25) is 0 Å². The van der Waals surface area contributed by atoms with Gasteiger partial charge in [-0.2, -0.15) is 0 Å². The molecule has 3 N–H and O–H groups in total. The number of amidine groups is 1. The van der Waals surface area contributed by atoms with E-state index in [0.717, 1.165) is 13.1 Å². The van der Waals surface area contributed by atoms with E-state index >= 15 is 0 Å². The van der Waals surface area contributed by atoms with E-state index in [2.05, 4.69) is 10.1 Å². The van der Waals surface area contributed by atoms with Crippen LogP contribution in [0.2, 0.25) is 0 Å². The molecule has 0 unspecified atom stereocenters. The number of nitrogens with zero attached hydrogens (tertiary/aromatic N) is 2. The Morgan fingerprint density at radius 2 is 2.21 bits per heavy atom. The number of oxime groups is 1. The molecule has 0 rings (SSSR count). The maximum Gasteiger partial charge on any atom is 0.153 e. The second-order valence-electron chi connectivity index (χ2n) is 3.38. The average Bonchev–Trinajstić information content (AvgIpc) is 2.15. The molecule has 0 heterocycles. The minimum absolute atomic E-state index is 0.233. The number of ether oxygens (including phenoxy) is 1. The summed E-state index contributed by atoms with van der Waals surface area (Å²) in [5, 5.41) is 11.3. The predicted octanol–water partition coefficient (Wildman–Crippen LogP) is 0.480. The molecule has 0 aliphatic carbocycles. The van der Waals surface area contributed by atoms with E-state index in [1.165, 1.54) is 0 Å². The van der Waals surface area contributed by atoms with Crippen molar-refractivity contribution in [3.05, 3.63) is 0 Å². The summed E-state index contributed by atoms with van der Waals surface area (Å²) in [7, 11) is 0. The van der Waals surface area contributed by atoms with E-state index < -0.39 is 0 Å². The molecular weight excluding hydrogens is 182 g/mol. The molecule has 0 saturated carbocycles. The lowest BCUT2D eigenvalue weighted by molar-refractivity contribution is 0.0627. The quantitative estimate of drug-likeness (QED) is 0.273. The first-order chi connectivity index (χ1) is 6.60. The van der Waals surface area contributed by atoms with Crippen molar-refractivity contribution in [2.75, 3.05) is 26.2 Å². The predicted molar refractivity (Wildman–Crippen MR) is 56.6 cm³/mol. The lowest BCUT2D eigenvalue weighted by atomic mass is 10.4. The molecule has 0 aromatic rings. The Morgan fingerprint density at radius 3 is 2.64 bits per heavy atom. The zero-order chi connectivity index (χ0) is 11.0. The van der Waals surface area contributed by atoms with Crippen molar-refractivity contribution < 1.29 is 9.94 Å². The van der Waals surface area contributed by atoms with E-state index in [0.29, 0.717) is 13.2 Å². The van der Waals surface area contributed by atoms with Crippen molar-refractivity contribution in [1.82, 2.24) is 4.90 Å². The molecule has 0 bridgehead atoms. The molecule has 5 nitrogen and oxygen atoms in total. The Labute approximate surface area is 85.5 Å². The highest BCUT2D eigenvalue weighted by atomic mass is 16.5. The van der Waals surface area contributed by atoms with Crippen LogP contribution >= 0.6 is 0 Å². The Kier molecular flexibility index (Phi) is 7.14. The van der Waals surface area contributed by atoms with E-state index in [-0.39, 0.29) is 11.9 Å². The van der Waals surface area contributed by atoms with Crippen molar-refractivity contribution in [2.24, 2.45) is 10.9 Å². The Hall–Kier alpha value is -0.810. The molecule has 0 aromatic carbocycles. The van der Waals surface area contributed by atoms with Gasteiger partial charge in [0.15, 0.2) is 5.84 Å². The Bertz CT molecular complexity index is 171. The number of rotatable bonds is 7. The monoisotopic (exact) mass is 203 g/mol. The largest absolute Gasteiger partial charge is 0.409 e. The van der Waals surface area contributed by atoms with Crippen molar-refractivity contribution in [1.29, 1.82) is 0 Å². The van der Waals surface area contributed by atoms with Crippen LogP contribution in [0.1, 0.15) is 20.8 Å². The van der Waals surface area contributed by atoms with Crippen LogP contribution in [0.5, 0.6) is 0 Å². The summed E-state index contributed by atoms with van der Waals surface area (Å²) in [6.45, 7) is 8.83. The first-order valence-corrected chi connectivity index (χ1v) is 4.90. The van der Waals surface area contributed by atoms with Crippen LogP contribution in [0.3, 0.4) is 0 Å². The third-order valence-corrected chi connectivity index (χ3v) is 1.82. The molecule has 0 aromatic heterocycles. The van der Waals surface area contributed by atoms with Gasteiger partial charge in [-0.05, 0) is 20.4 Å². The molecule has 0 amide bonds. The van der Waals surface area contributed by atoms with Crippen molar-refractivity contribution in [3.63, 3.8) is 0 Å². The molecule has 0 aliphatic rings. The topological polar surface area (TPSA) is 71.1 Å². The van der Waals surface area contributed by atoms with Gasteiger partial charge in [-0.25, -0.2) is 0 Å². The summed E-state index contributed by atoms with van der Waals surface area (Å²) >= 11 is 0. The maximum absolute atomic E-state index is 8.40. The van der Waals surface area contributed by atoms with Gasteiger partial charge >= 0.3 is 0 Å². The van der Waals surface area contributed by atoms with Crippen molar-refractivity contribution in [3.8, 4) is 0 Å². The van der Waals surface area contributed by atoms with Gasteiger partial charge < -0.3 is 15.7 Å². The number of nitrogens with two attached hydrogens (primary N) is 1. The normalized spacial score (nSPS) is 12.8. The van der Waals surface area contributed by atoms with Crippen LogP contribution in [-0.2, 0) is 4.74 Å². The lowest BCUT2D eigenvalue weighted by Crippen LogP contribution is -2.36. The van der Waals surface area contributed by atoms with Gasteiger partial charge in [0.25, 0.3) is 0 Å². The Balaban J connectivity index is 3.69. The van der Waals surface area contributed by atoms with Gasteiger partial charge in [-0.3, -0.25) is 4.90 Å². The van der Waals surface area contributed by atoms with Crippen molar-refractivity contribution >= 4 is 5.84 Å². The molecule has 5 heteroatoms. The fraction of sp³-hybridized carbons (Fsp3) is 0.889. The number of likely N-dealkylation sites (N-methyl/N-ethyl adjacent to an activating group) is 1. The second kappa shape index (κ2) is 7.58. The van der Waals surface area contributed by atoms with Gasteiger partial charge in [0.1, 0.15) is 0 Å². The fourth-order valence-corrected chi connectivity index (χ4v) is 1.03. The molecule has 0 aliphatic heterocycles. The molecule has 0 saturated heterocycles. The van der Waals surface area contributed by atoms with E-state index in [4.69, 9.17) is 15.7 Å². The molecule has 0 radical (unpaired) electrons. The molecule has 14 heavy (non-hydrogen) atoms. The summed E-state index contributed by atoms with van der Waals surface area (Å²) < 4.78 is 5.40. The SMILES string of the molecule is CCN(CCOC(C)C)CC(N)=NO. The number of hydrogen-bond donors (Lipinski definition) is 2. The molecular formula is C9H21N3O2. The summed E-state index contributed by atoms with van der Waals surface area (Å²) in [6.07, 6.45) is 0.248. The van der Waals surface area contributed by atoms with Crippen LogP contribution in [-0.4, -0.2) is 48.3 Å². The third-order valence-electron chi connectivity index (χ3n) is 1.82. The van der Waals surface area contributed by atoms with Crippen LogP contribution < -0.4 is 5.73 Å². The van der Waals surface area contributed by atoms with Gasteiger partial charge in [-0.15, -0.1) is 0 Å². The first kappa shape index (κ1) is 13.2. The van der Waals surface area contributed by atoms with Crippen LogP contribution in [0.4, 0.5) is 0 Å². The molecule has 0 atom stereocenters. The summed E-state index contributed by atoms with van der Waals surface area (Å²) in [5.41, 5.74) is 5.40. The molecule has 0 fully saturated rings. The average molecular weight is 203 g/mol. The standard InChI is InChI=1S/C9H21N3O2/c1-4-12(7-9(10)11-13)5-6-14-8(2)3/h8,13H,4-7H2,1-3H3,(H2,10,11). The van der Waals surface area contributed by atoms with Crippen LogP contribution in [0, 0.1) is 0 Å². The van der Waals surface area contributed by atoms with Crippen LogP contribution in [0.25, 0.3) is 0 Å². The first-order valence-electron chi connectivity index (χ1n) is 4.90. The zero-order valence-corrected chi connectivity index (χ0v) is 9.23. The highest BCUT2D eigenvalue weighted by molar-refractivity contribution is 5.81. The lowest BCUT2D eigenvalue weighted by Gasteiger charge is -2.19. The summed E-state index contributed by atoms with van der Waals surface area (Å²) in [4.78, 5) is 2.05.